The molecule has 2 rings (SSSR count). The molecule has 2 amide bonds. The van der Waals surface area contributed by atoms with Crippen molar-refractivity contribution in [2.75, 3.05) is 5.32 Å². The third-order valence-corrected chi connectivity index (χ3v) is 3.29. The Morgan fingerprint density at radius 2 is 2.11 bits per heavy atom. The lowest BCUT2D eigenvalue weighted by atomic mass is 10.2. The first kappa shape index (κ1) is 12.5. The van der Waals surface area contributed by atoms with Gasteiger partial charge in [0.05, 0.1) is 11.1 Å². The van der Waals surface area contributed by atoms with E-state index in [0.29, 0.717) is 5.00 Å². The number of nitrogens with one attached hydrogen (secondary N) is 1. The molecule has 0 spiro atoms. The maximum Gasteiger partial charge on any atom is 0.259 e. The molecule has 0 bridgehead atoms. The topological polar surface area (TPSA) is 85.1 Å². The fourth-order valence-electron chi connectivity index (χ4n) is 1.33. The molecular formula is C11H8ClN3O2S. The fourth-order valence-corrected chi connectivity index (χ4v) is 2.32. The summed E-state index contributed by atoms with van der Waals surface area (Å²) in [4.78, 5) is 26.8. The minimum absolute atomic E-state index is 0.104. The smallest absolute Gasteiger partial charge is 0.259 e. The molecule has 2 aromatic rings. The molecule has 0 aliphatic rings. The van der Waals surface area contributed by atoms with Gasteiger partial charge in [-0.05, 0) is 23.6 Å². The first-order chi connectivity index (χ1) is 8.59. The van der Waals surface area contributed by atoms with Crippen molar-refractivity contribution in [3.05, 3.63) is 46.1 Å². The van der Waals surface area contributed by atoms with E-state index in [1.807, 2.05) is 0 Å². The summed E-state index contributed by atoms with van der Waals surface area (Å²) in [6.07, 6.45) is 1.49. The Morgan fingerprint density at radius 1 is 1.33 bits per heavy atom. The van der Waals surface area contributed by atoms with E-state index in [2.05, 4.69) is 10.3 Å². The van der Waals surface area contributed by atoms with Crippen molar-refractivity contribution in [1.82, 2.24) is 4.98 Å². The van der Waals surface area contributed by atoms with E-state index in [4.69, 9.17) is 17.3 Å². The zero-order valence-electron chi connectivity index (χ0n) is 9.01. The van der Waals surface area contributed by atoms with Crippen LogP contribution in [0.2, 0.25) is 5.15 Å². The van der Waals surface area contributed by atoms with Crippen molar-refractivity contribution >= 4 is 39.8 Å². The molecule has 5 nitrogen and oxygen atoms in total. The maximum atomic E-state index is 11.9. The van der Waals surface area contributed by atoms with Gasteiger partial charge < -0.3 is 11.1 Å². The fraction of sp³-hybridized carbons (Fsp3) is 0. The standard InChI is InChI=1S/C11H8ClN3O2S/c12-8-6(2-1-4-14-8)10(17)15-11-7(9(13)16)3-5-18-11/h1-5H,(H2,13,16)(H,15,17). The van der Waals surface area contributed by atoms with E-state index in [9.17, 15) is 9.59 Å². The van der Waals surface area contributed by atoms with E-state index >= 15 is 0 Å². The Hall–Kier alpha value is -1.92. The molecule has 0 fully saturated rings. The lowest BCUT2D eigenvalue weighted by Crippen LogP contribution is -2.17. The Labute approximate surface area is 112 Å². The predicted molar refractivity (Wildman–Crippen MR) is 70.0 cm³/mol. The zero-order valence-corrected chi connectivity index (χ0v) is 10.6. The Balaban J connectivity index is 2.25. The van der Waals surface area contributed by atoms with Gasteiger partial charge in [-0.15, -0.1) is 11.3 Å². The SMILES string of the molecule is NC(=O)c1ccsc1NC(=O)c1cccnc1Cl. The van der Waals surface area contributed by atoms with Gasteiger partial charge in [0.1, 0.15) is 10.2 Å². The summed E-state index contributed by atoms with van der Waals surface area (Å²) in [5.41, 5.74) is 5.69. The average molecular weight is 282 g/mol. The van der Waals surface area contributed by atoms with Crippen LogP contribution >= 0.6 is 22.9 Å². The second-order valence-electron chi connectivity index (χ2n) is 3.32. The Kier molecular flexibility index (Phi) is 3.59. The molecule has 18 heavy (non-hydrogen) atoms. The summed E-state index contributed by atoms with van der Waals surface area (Å²) in [6, 6.07) is 4.69. The summed E-state index contributed by atoms with van der Waals surface area (Å²) < 4.78 is 0. The van der Waals surface area contributed by atoms with Gasteiger partial charge >= 0.3 is 0 Å². The van der Waals surface area contributed by atoms with Crippen molar-refractivity contribution in [1.29, 1.82) is 0 Å². The molecule has 3 N–H and O–H groups in total. The Morgan fingerprint density at radius 3 is 2.78 bits per heavy atom. The van der Waals surface area contributed by atoms with Gasteiger partial charge in [0.2, 0.25) is 0 Å². The van der Waals surface area contributed by atoms with Crippen LogP contribution in [0.3, 0.4) is 0 Å². The lowest BCUT2D eigenvalue weighted by Gasteiger charge is -2.05. The van der Waals surface area contributed by atoms with Gasteiger partial charge in [-0.3, -0.25) is 9.59 Å². The van der Waals surface area contributed by atoms with Gasteiger partial charge in [-0.1, -0.05) is 11.6 Å². The first-order valence-electron chi connectivity index (χ1n) is 4.88. The van der Waals surface area contributed by atoms with Crippen LogP contribution < -0.4 is 11.1 Å². The van der Waals surface area contributed by atoms with Crippen molar-refractivity contribution < 1.29 is 9.59 Å². The van der Waals surface area contributed by atoms with Gasteiger partial charge in [-0.25, -0.2) is 4.98 Å². The number of halogens is 1. The molecule has 0 saturated heterocycles. The molecule has 7 heteroatoms. The van der Waals surface area contributed by atoms with E-state index in [-0.39, 0.29) is 16.3 Å². The van der Waals surface area contributed by atoms with Crippen LogP contribution in [-0.4, -0.2) is 16.8 Å². The minimum Gasteiger partial charge on any atom is -0.366 e. The summed E-state index contributed by atoms with van der Waals surface area (Å²) in [5.74, 6) is -1.03. The molecule has 0 aromatic carbocycles. The van der Waals surface area contributed by atoms with Crippen LogP contribution in [0.4, 0.5) is 5.00 Å². The van der Waals surface area contributed by atoms with Crippen LogP contribution in [0.5, 0.6) is 0 Å². The maximum absolute atomic E-state index is 11.9. The second-order valence-corrected chi connectivity index (χ2v) is 4.60. The van der Waals surface area contributed by atoms with Crippen LogP contribution in [0.15, 0.2) is 29.8 Å². The molecule has 2 heterocycles. The molecule has 0 saturated carbocycles. The Bertz CT molecular complexity index is 612. The molecule has 2 aromatic heterocycles. The normalized spacial score (nSPS) is 10.1. The largest absolute Gasteiger partial charge is 0.366 e. The van der Waals surface area contributed by atoms with Crippen molar-refractivity contribution in [2.45, 2.75) is 0 Å². The zero-order chi connectivity index (χ0) is 13.1. The predicted octanol–water partition coefficient (Wildman–Crippen LogP) is 2.15. The number of nitrogens with two attached hydrogens (primary N) is 1. The third-order valence-electron chi connectivity index (χ3n) is 2.16. The molecule has 0 radical (unpaired) electrons. The first-order valence-corrected chi connectivity index (χ1v) is 6.14. The summed E-state index contributed by atoms with van der Waals surface area (Å²) in [6.45, 7) is 0. The summed E-state index contributed by atoms with van der Waals surface area (Å²) >= 11 is 7.01. The highest BCUT2D eigenvalue weighted by Gasteiger charge is 2.15. The number of amides is 2. The van der Waals surface area contributed by atoms with Crippen molar-refractivity contribution in [3.8, 4) is 0 Å². The van der Waals surface area contributed by atoms with E-state index in [0.717, 1.165) is 0 Å². The van der Waals surface area contributed by atoms with Crippen molar-refractivity contribution in [2.24, 2.45) is 5.73 Å². The summed E-state index contributed by atoms with van der Waals surface area (Å²) in [7, 11) is 0. The highest BCUT2D eigenvalue weighted by molar-refractivity contribution is 7.14. The minimum atomic E-state index is -0.594. The number of carbonyl (C=O) groups is 2. The monoisotopic (exact) mass is 281 g/mol. The van der Waals surface area contributed by atoms with Gasteiger partial charge in [-0.2, -0.15) is 0 Å². The number of pyridine rings is 1. The van der Waals surface area contributed by atoms with Gasteiger partial charge in [0, 0.05) is 6.20 Å². The number of aromatic nitrogens is 1. The number of carbonyl (C=O) groups excluding carboxylic acids is 2. The number of hydrogen-bond acceptors (Lipinski definition) is 4. The van der Waals surface area contributed by atoms with E-state index < -0.39 is 11.8 Å². The molecule has 0 atom stereocenters. The van der Waals surface area contributed by atoms with Crippen molar-refractivity contribution in [3.63, 3.8) is 0 Å². The molecule has 92 valence electrons. The number of nitrogens with zero attached hydrogens (tertiary/aromatic N) is 1. The quantitative estimate of drug-likeness (QED) is 0.845. The van der Waals surface area contributed by atoms with Gasteiger partial charge in [0.15, 0.2) is 0 Å². The molecular weight excluding hydrogens is 274 g/mol. The van der Waals surface area contributed by atoms with Crippen LogP contribution in [0.1, 0.15) is 20.7 Å². The van der Waals surface area contributed by atoms with Crippen LogP contribution in [-0.2, 0) is 0 Å². The summed E-state index contributed by atoms with van der Waals surface area (Å²) in [5, 5.41) is 4.75. The number of hydrogen-bond donors (Lipinski definition) is 2. The van der Waals surface area contributed by atoms with Crippen LogP contribution in [0, 0.1) is 0 Å². The van der Waals surface area contributed by atoms with Gasteiger partial charge in [0.25, 0.3) is 11.8 Å². The second kappa shape index (κ2) is 5.16. The highest BCUT2D eigenvalue weighted by Crippen LogP contribution is 2.24. The number of anilines is 1. The highest BCUT2D eigenvalue weighted by atomic mass is 35.5. The number of thiophene rings is 1. The average Bonchev–Trinajstić information content (AvgIpc) is 2.77. The molecule has 0 aliphatic heterocycles. The number of primary amides is 1. The molecule has 0 unspecified atom stereocenters. The van der Waals surface area contributed by atoms with E-state index in [1.54, 1.807) is 23.6 Å². The third kappa shape index (κ3) is 2.49. The lowest BCUT2D eigenvalue weighted by molar-refractivity contribution is 0.100. The number of rotatable bonds is 3. The van der Waals surface area contributed by atoms with E-state index in [1.165, 1.54) is 17.5 Å². The molecule has 0 aliphatic carbocycles. The van der Waals surface area contributed by atoms with Crippen LogP contribution in [0.25, 0.3) is 0 Å².